The highest BCUT2D eigenvalue weighted by atomic mass is 19.1. The van der Waals surface area contributed by atoms with Crippen molar-refractivity contribution in [2.24, 2.45) is 0 Å². The van der Waals surface area contributed by atoms with E-state index in [0.29, 0.717) is 31.7 Å². The third-order valence-electron chi connectivity index (χ3n) is 5.04. The maximum absolute atomic E-state index is 13.3. The lowest BCUT2D eigenvalue weighted by Crippen LogP contribution is -2.50. The van der Waals surface area contributed by atoms with Crippen molar-refractivity contribution in [3.8, 4) is 11.3 Å². The number of ether oxygens (including phenoxy) is 1. The summed E-state index contributed by atoms with van der Waals surface area (Å²) in [5, 5.41) is 11.3. The van der Waals surface area contributed by atoms with Crippen LogP contribution in [0.4, 0.5) is 4.39 Å². The Labute approximate surface area is 162 Å². The molecule has 6 nitrogen and oxygen atoms in total. The van der Waals surface area contributed by atoms with Gasteiger partial charge in [-0.05, 0) is 30.5 Å². The van der Waals surface area contributed by atoms with Crippen molar-refractivity contribution < 1.29 is 13.9 Å². The number of benzene rings is 2. The fourth-order valence-electron chi connectivity index (χ4n) is 3.55. The van der Waals surface area contributed by atoms with Gasteiger partial charge >= 0.3 is 0 Å². The van der Waals surface area contributed by atoms with Crippen LogP contribution in [0.1, 0.15) is 18.4 Å². The van der Waals surface area contributed by atoms with Crippen LogP contribution in [0.3, 0.4) is 0 Å². The highest BCUT2D eigenvalue weighted by molar-refractivity contribution is 5.77. The average Bonchev–Trinajstić information content (AvgIpc) is 3.18. The number of carbonyl (C=O) groups excluding carboxylic acids is 1. The first kappa shape index (κ1) is 18.3. The van der Waals surface area contributed by atoms with Crippen LogP contribution >= 0.6 is 0 Å². The predicted octanol–water partition coefficient (Wildman–Crippen LogP) is 2.91. The summed E-state index contributed by atoms with van der Waals surface area (Å²) in [5.74, 6) is -0.468. The van der Waals surface area contributed by atoms with Gasteiger partial charge in [-0.2, -0.15) is 0 Å². The Morgan fingerprint density at radius 2 is 1.82 bits per heavy atom. The third kappa shape index (κ3) is 3.94. The van der Waals surface area contributed by atoms with Crippen molar-refractivity contribution in [1.29, 1.82) is 0 Å². The highest BCUT2D eigenvalue weighted by Gasteiger charge is 2.36. The molecule has 1 amide bonds. The zero-order valence-corrected chi connectivity index (χ0v) is 15.3. The monoisotopic (exact) mass is 380 g/mol. The van der Waals surface area contributed by atoms with E-state index < -0.39 is 5.54 Å². The third-order valence-corrected chi connectivity index (χ3v) is 5.04. The van der Waals surface area contributed by atoms with Crippen molar-refractivity contribution >= 4 is 5.91 Å². The average molecular weight is 380 g/mol. The molecule has 2 heterocycles. The van der Waals surface area contributed by atoms with Crippen LogP contribution in [-0.2, 0) is 21.6 Å². The van der Waals surface area contributed by atoms with Gasteiger partial charge in [-0.25, -0.2) is 9.07 Å². The summed E-state index contributed by atoms with van der Waals surface area (Å²) in [7, 11) is 0. The maximum Gasteiger partial charge on any atom is 0.242 e. The van der Waals surface area contributed by atoms with Crippen molar-refractivity contribution in [2.75, 3.05) is 13.2 Å². The second kappa shape index (κ2) is 7.90. The minimum absolute atomic E-state index is 0.0592. The van der Waals surface area contributed by atoms with Gasteiger partial charge < -0.3 is 10.1 Å². The minimum Gasteiger partial charge on any atom is -0.381 e. The lowest BCUT2D eigenvalue weighted by molar-refractivity contribution is -0.125. The molecule has 28 heavy (non-hydrogen) atoms. The molecule has 0 atom stereocenters. The van der Waals surface area contributed by atoms with Crippen molar-refractivity contribution in [1.82, 2.24) is 20.3 Å². The fourth-order valence-corrected chi connectivity index (χ4v) is 3.55. The van der Waals surface area contributed by atoms with Gasteiger partial charge in [-0.15, -0.1) is 5.10 Å². The topological polar surface area (TPSA) is 69.0 Å². The molecule has 7 heteroatoms. The predicted molar refractivity (Wildman–Crippen MR) is 102 cm³/mol. The van der Waals surface area contributed by atoms with Crippen molar-refractivity contribution in [3.05, 3.63) is 72.2 Å². The molecule has 1 saturated heterocycles. The zero-order chi connectivity index (χ0) is 19.4. The maximum atomic E-state index is 13.3. The molecule has 144 valence electrons. The van der Waals surface area contributed by atoms with Crippen LogP contribution in [0.15, 0.2) is 60.8 Å². The Balaban J connectivity index is 1.49. The molecule has 0 unspecified atom stereocenters. The first-order chi connectivity index (χ1) is 13.6. The van der Waals surface area contributed by atoms with Crippen molar-refractivity contribution in [2.45, 2.75) is 24.9 Å². The van der Waals surface area contributed by atoms with Crippen LogP contribution in [-0.4, -0.2) is 34.1 Å². The molecule has 0 saturated carbocycles. The number of nitrogens with one attached hydrogen (secondary N) is 1. The van der Waals surface area contributed by atoms with E-state index in [4.69, 9.17) is 4.74 Å². The Kier molecular flexibility index (Phi) is 5.16. The zero-order valence-electron chi connectivity index (χ0n) is 15.3. The SMILES string of the molecule is O=C(Cn1cc(-c2ccccc2)nn1)NC1(c2ccc(F)cc2)CCOCC1. The summed E-state index contributed by atoms with van der Waals surface area (Å²) < 4.78 is 20.3. The molecule has 1 N–H and O–H groups in total. The van der Waals surface area contributed by atoms with Gasteiger partial charge in [0.05, 0.1) is 11.7 Å². The summed E-state index contributed by atoms with van der Waals surface area (Å²) in [6, 6.07) is 16.0. The largest absolute Gasteiger partial charge is 0.381 e. The lowest BCUT2D eigenvalue weighted by atomic mass is 9.82. The van der Waals surface area contributed by atoms with E-state index in [1.54, 1.807) is 18.3 Å². The molecule has 3 aromatic rings. The molecule has 1 aromatic heterocycles. The van der Waals surface area contributed by atoms with Gasteiger partial charge in [0.2, 0.25) is 5.91 Å². The van der Waals surface area contributed by atoms with Gasteiger partial charge in [-0.1, -0.05) is 47.7 Å². The van der Waals surface area contributed by atoms with Gasteiger partial charge in [0, 0.05) is 18.8 Å². The summed E-state index contributed by atoms with van der Waals surface area (Å²) in [5.41, 5.74) is 1.98. The molecule has 2 aromatic carbocycles. The van der Waals surface area contributed by atoms with Gasteiger partial charge in [0.15, 0.2) is 0 Å². The molecule has 4 rings (SSSR count). The minimum atomic E-state index is -0.564. The van der Waals surface area contributed by atoms with Crippen LogP contribution in [0.2, 0.25) is 0 Å². The quantitative estimate of drug-likeness (QED) is 0.739. The Morgan fingerprint density at radius 1 is 1.11 bits per heavy atom. The van der Waals surface area contributed by atoms with E-state index in [9.17, 15) is 9.18 Å². The smallest absolute Gasteiger partial charge is 0.242 e. The van der Waals surface area contributed by atoms with Crippen LogP contribution in [0.25, 0.3) is 11.3 Å². The summed E-state index contributed by atoms with van der Waals surface area (Å²) in [4.78, 5) is 12.8. The number of hydrogen-bond acceptors (Lipinski definition) is 4. The molecule has 1 aliphatic rings. The molecule has 0 bridgehead atoms. The first-order valence-corrected chi connectivity index (χ1v) is 9.25. The molecule has 1 fully saturated rings. The Bertz CT molecular complexity index is 935. The standard InChI is InChI=1S/C21H21FN4O2/c22-18-8-6-17(7-9-18)21(10-12-28-13-11-21)23-20(27)15-26-14-19(24-25-26)16-4-2-1-3-5-16/h1-9,14H,10-13,15H2,(H,23,27). The van der Waals surface area contributed by atoms with Gasteiger partial charge in [0.1, 0.15) is 18.1 Å². The van der Waals surface area contributed by atoms with Crippen LogP contribution in [0.5, 0.6) is 0 Å². The van der Waals surface area contributed by atoms with E-state index in [0.717, 1.165) is 11.1 Å². The second-order valence-corrected chi connectivity index (χ2v) is 6.92. The molecule has 1 aliphatic heterocycles. The summed E-state index contributed by atoms with van der Waals surface area (Å²) in [6.07, 6.45) is 3.03. The second-order valence-electron chi connectivity index (χ2n) is 6.92. The Morgan fingerprint density at radius 3 is 2.54 bits per heavy atom. The van der Waals surface area contributed by atoms with E-state index in [-0.39, 0.29) is 18.3 Å². The van der Waals surface area contributed by atoms with Crippen LogP contribution < -0.4 is 5.32 Å². The van der Waals surface area contributed by atoms with E-state index in [2.05, 4.69) is 15.6 Å². The van der Waals surface area contributed by atoms with Gasteiger partial charge in [0.25, 0.3) is 0 Å². The van der Waals surface area contributed by atoms with Crippen molar-refractivity contribution in [3.63, 3.8) is 0 Å². The number of halogens is 1. The lowest BCUT2D eigenvalue weighted by Gasteiger charge is -2.38. The van der Waals surface area contributed by atoms with Gasteiger partial charge in [-0.3, -0.25) is 4.79 Å². The summed E-state index contributed by atoms with van der Waals surface area (Å²) in [6.45, 7) is 1.14. The molecular formula is C21H21FN4O2. The Hall–Kier alpha value is -3.06. The molecule has 0 aliphatic carbocycles. The number of rotatable bonds is 5. The van der Waals surface area contributed by atoms with E-state index in [1.807, 2.05) is 30.3 Å². The first-order valence-electron chi connectivity index (χ1n) is 9.25. The number of carbonyl (C=O) groups is 1. The normalized spacial score (nSPS) is 15.9. The van der Waals surface area contributed by atoms with E-state index >= 15 is 0 Å². The number of nitrogens with zero attached hydrogens (tertiary/aromatic N) is 3. The number of hydrogen-bond donors (Lipinski definition) is 1. The molecular weight excluding hydrogens is 359 g/mol. The fraction of sp³-hybridized carbons (Fsp3) is 0.286. The molecule has 0 radical (unpaired) electrons. The molecule has 0 spiro atoms. The highest BCUT2D eigenvalue weighted by Crippen LogP contribution is 2.32. The van der Waals surface area contributed by atoms with E-state index in [1.165, 1.54) is 16.8 Å². The number of amides is 1. The summed E-state index contributed by atoms with van der Waals surface area (Å²) >= 11 is 0. The van der Waals surface area contributed by atoms with Crippen LogP contribution in [0, 0.1) is 5.82 Å². The number of aromatic nitrogens is 3.